The molecule has 37 heavy (non-hydrogen) atoms. The number of aryl methyl sites for hydroxylation is 1. The van der Waals surface area contributed by atoms with Crippen molar-refractivity contribution < 1.29 is 23.5 Å². The zero-order chi connectivity index (χ0) is 27.2. The monoisotopic (exact) mass is 537 g/mol. The lowest BCUT2D eigenvalue weighted by Gasteiger charge is -2.25. The van der Waals surface area contributed by atoms with E-state index in [2.05, 4.69) is 27.5 Å². The van der Waals surface area contributed by atoms with Crippen LogP contribution in [0.4, 0.5) is 14.6 Å². The summed E-state index contributed by atoms with van der Waals surface area (Å²) in [4.78, 5) is 33.3. The highest BCUT2D eigenvalue weighted by molar-refractivity contribution is 7.17. The molecule has 2 fully saturated rings. The summed E-state index contributed by atoms with van der Waals surface area (Å²) in [6.45, 7) is 8.67. The fourth-order valence-corrected chi connectivity index (χ4v) is 5.13. The normalized spacial score (nSPS) is 17.7. The number of amides is 2. The highest BCUT2D eigenvalue weighted by Crippen LogP contribution is 2.37. The summed E-state index contributed by atoms with van der Waals surface area (Å²) >= 11 is 1.04. The minimum absolute atomic E-state index is 0.0605. The summed E-state index contributed by atoms with van der Waals surface area (Å²) in [6.07, 6.45) is 5.58. The van der Waals surface area contributed by atoms with Crippen molar-refractivity contribution in [3.8, 4) is 10.4 Å². The lowest BCUT2D eigenvalue weighted by Crippen LogP contribution is -2.38. The Labute approximate surface area is 220 Å². The van der Waals surface area contributed by atoms with Crippen LogP contribution in [0.5, 0.6) is 0 Å². The van der Waals surface area contributed by atoms with Gasteiger partial charge in [-0.15, -0.1) is 11.3 Å². The molecule has 1 atom stereocenters. The van der Waals surface area contributed by atoms with Crippen LogP contribution in [0.15, 0.2) is 12.3 Å². The molecule has 3 heterocycles. The molecule has 1 aliphatic heterocycles. The molecule has 2 aromatic rings. The molecule has 2 aromatic heterocycles. The largest absolute Gasteiger partial charge is 0.389 e. The lowest BCUT2D eigenvalue weighted by atomic mass is 9.85. The summed E-state index contributed by atoms with van der Waals surface area (Å²) in [7, 11) is 0. The second-order valence-corrected chi connectivity index (χ2v) is 11.4. The van der Waals surface area contributed by atoms with Crippen LogP contribution in [0.3, 0.4) is 0 Å². The summed E-state index contributed by atoms with van der Waals surface area (Å²) in [5.74, 6) is 0.568. The summed E-state index contributed by atoms with van der Waals surface area (Å²) in [6, 6.07) is 1.87. The van der Waals surface area contributed by atoms with Crippen LogP contribution >= 0.6 is 11.3 Å². The summed E-state index contributed by atoms with van der Waals surface area (Å²) in [5, 5.41) is 15.6. The molecule has 8 nitrogen and oxygen atoms in total. The van der Waals surface area contributed by atoms with E-state index in [1.54, 1.807) is 20.8 Å². The fraction of sp³-hybridized carbons (Fsp3) is 0.615. The minimum atomic E-state index is -2.67. The Bertz CT molecular complexity index is 1070. The van der Waals surface area contributed by atoms with Crippen LogP contribution < -0.4 is 10.6 Å². The van der Waals surface area contributed by atoms with Gasteiger partial charge in [0.1, 0.15) is 5.82 Å². The topological polar surface area (TPSA) is 107 Å². The second-order valence-electron chi connectivity index (χ2n) is 10.4. The Balaban J connectivity index is 0.000000405. The Morgan fingerprint density at radius 1 is 1.32 bits per heavy atom. The fourth-order valence-electron chi connectivity index (χ4n) is 4.11. The van der Waals surface area contributed by atoms with Crippen LogP contribution in [-0.2, 0) is 4.79 Å². The first-order chi connectivity index (χ1) is 17.5. The van der Waals surface area contributed by atoms with Gasteiger partial charge < -0.3 is 20.6 Å². The van der Waals surface area contributed by atoms with Crippen molar-refractivity contribution in [2.24, 2.45) is 5.92 Å². The molecule has 1 saturated carbocycles. The van der Waals surface area contributed by atoms with Crippen molar-refractivity contribution in [3.05, 3.63) is 28.5 Å². The third-order valence-corrected chi connectivity index (χ3v) is 7.81. The Hall–Kier alpha value is -2.66. The highest BCUT2D eigenvalue weighted by atomic mass is 32.1. The summed E-state index contributed by atoms with van der Waals surface area (Å²) < 4.78 is 27.5. The standard InChI is InChI=1S/C20H26F2N4O2S.C6H11NO/c1-11-16(29-19(26-11)18(27)25-10-20(2,3)28)14-9-24-15(7-13(14)17(21)22)23-8-12-5-4-6-12;1-6-3-2-4-7(6)5-8/h7,9,12,17,28H,4-6,8,10H2,1-3H3,(H,23,24)(H,25,27);5-6H,2-4H2,1H3. The van der Waals surface area contributed by atoms with Gasteiger partial charge in [-0.1, -0.05) is 6.42 Å². The molecular weight excluding hydrogens is 500 g/mol. The maximum Gasteiger partial charge on any atom is 0.280 e. The predicted molar refractivity (Wildman–Crippen MR) is 141 cm³/mol. The van der Waals surface area contributed by atoms with Crippen molar-refractivity contribution in [2.45, 2.75) is 77.9 Å². The van der Waals surface area contributed by atoms with E-state index in [-0.39, 0.29) is 22.7 Å². The number of hydrogen-bond acceptors (Lipinski definition) is 7. The molecule has 0 aromatic carbocycles. The van der Waals surface area contributed by atoms with Gasteiger partial charge in [0.25, 0.3) is 12.3 Å². The number of anilines is 1. The van der Waals surface area contributed by atoms with Gasteiger partial charge in [0.2, 0.25) is 6.41 Å². The first-order valence-electron chi connectivity index (χ1n) is 12.7. The number of aliphatic hydroxyl groups is 1. The smallest absolute Gasteiger partial charge is 0.280 e. The van der Waals surface area contributed by atoms with Crippen LogP contribution in [0.2, 0.25) is 0 Å². The van der Waals surface area contributed by atoms with Gasteiger partial charge >= 0.3 is 0 Å². The number of nitrogens with one attached hydrogen (secondary N) is 2. The van der Waals surface area contributed by atoms with E-state index >= 15 is 0 Å². The number of aromatic nitrogens is 2. The van der Waals surface area contributed by atoms with E-state index in [0.717, 1.165) is 43.7 Å². The lowest BCUT2D eigenvalue weighted by molar-refractivity contribution is -0.118. The molecule has 0 bridgehead atoms. The second kappa shape index (κ2) is 12.7. The first kappa shape index (κ1) is 28.9. The van der Waals surface area contributed by atoms with Crippen molar-refractivity contribution in [1.29, 1.82) is 0 Å². The van der Waals surface area contributed by atoms with Crippen LogP contribution in [0, 0.1) is 12.8 Å². The number of likely N-dealkylation sites (tertiary alicyclic amines) is 1. The van der Waals surface area contributed by atoms with Crippen LogP contribution in [0.1, 0.15) is 80.4 Å². The molecule has 4 rings (SSSR count). The number of alkyl halides is 2. The maximum atomic E-state index is 13.7. The van der Waals surface area contributed by atoms with E-state index in [1.807, 2.05) is 4.90 Å². The van der Waals surface area contributed by atoms with E-state index in [9.17, 15) is 23.5 Å². The van der Waals surface area contributed by atoms with Crippen molar-refractivity contribution in [2.75, 3.05) is 25.0 Å². The van der Waals surface area contributed by atoms with Gasteiger partial charge in [-0.2, -0.15) is 0 Å². The number of rotatable bonds is 9. The van der Waals surface area contributed by atoms with Gasteiger partial charge in [-0.25, -0.2) is 18.7 Å². The number of pyridine rings is 1. The van der Waals surface area contributed by atoms with E-state index in [0.29, 0.717) is 28.3 Å². The minimum Gasteiger partial charge on any atom is -0.389 e. The van der Waals surface area contributed by atoms with Gasteiger partial charge in [0.05, 0.1) is 16.2 Å². The average Bonchev–Trinajstić information content (AvgIpc) is 3.41. The molecule has 3 N–H and O–H groups in total. The Morgan fingerprint density at radius 2 is 2.05 bits per heavy atom. The Kier molecular flexibility index (Phi) is 9.94. The molecule has 0 radical (unpaired) electrons. The first-order valence-corrected chi connectivity index (χ1v) is 13.5. The van der Waals surface area contributed by atoms with Crippen molar-refractivity contribution >= 4 is 29.5 Å². The molecule has 1 aliphatic carbocycles. The molecule has 0 spiro atoms. The van der Waals surface area contributed by atoms with E-state index < -0.39 is 17.9 Å². The van der Waals surface area contributed by atoms with Crippen molar-refractivity contribution in [3.63, 3.8) is 0 Å². The number of hydrogen-bond donors (Lipinski definition) is 3. The van der Waals surface area contributed by atoms with Crippen LogP contribution in [-0.4, -0.2) is 63.6 Å². The number of halogens is 2. The summed E-state index contributed by atoms with van der Waals surface area (Å²) in [5.41, 5.74) is -0.417. The van der Waals surface area contributed by atoms with E-state index in [4.69, 9.17) is 0 Å². The zero-order valence-corrected chi connectivity index (χ0v) is 22.7. The maximum absolute atomic E-state index is 13.7. The molecule has 2 aliphatic rings. The third kappa shape index (κ3) is 8.16. The van der Waals surface area contributed by atoms with E-state index in [1.165, 1.54) is 31.5 Å². The SMILES string of the molecule is CC1CCCN1C=O.Cc1nc(C(=O)NCC(C)(C)O)sc1-c1cnc(NCC2CCC2)cc1C(F)F. The molecule has 2 amide bonds. The number of carbonyl (C=O) groups is 2. The van der Waals surface area contributed by atoms with Gasteiger partial charge in [0, 0.05) is 43.0 Å². The highest BCUT2D eigenvalue weighted by Gasteiger charge is 2.24. The zero-order valence-electron chi connectivity index (χ0n) is 21.9. The van der Waals surface area contributed by atoms with Crippen LogP contribution in [0.25, 0.3) is 10.4 Å². The molecule has 1 unspecified atom stereocenters. The van der Waals surface area contributed by atoms with Crippen molar-refractivity contribution in [1.82, 2.24) is 20.2 Å². The van der Waals surface area contributed by atoms with Gasteiger partial charge in [-0.05, 0) is 65.4 Å². The number of thiazole rings is 1. The molecule has 1 saturated heterocycles. The molecule has 11 heteroatoms. The number of carbonyl (C=O) groups excluding carboxylic acids is 2. The van der Waals surface area contributed by atoms with Gasteiger partial charge in [0.15, 0.2) is 5.01 Å². The predicted octanol–water partition coefficient (Wildman–Crippen LogP) is 4.79. The Morgan fingerprint density at radius 3 is 2.57 bits per heavy atom. The average molecular weight is 538 g/mol. The third-order valence-electron chi connectivity index (χ3n) is 6.62. The van der Waals surface area contributed by atoms with Gasteiger partial charge in [-0.3, -0.25) is 9.59 Å². The quantitative estimate of drug-likeness (QED) is 0.397. The molecular formula is C26H37F2N5O3S. The molecule has 204 valence electrons. The number of nitrogens with zero attached hydrogens (tertiary/aromatic N) is 3.